The third-order valence-electron chi connectivity index (χ3n) is 2.11. The second-order valence-electron chi connectivity index (χ2n) is 3.51. The molecular weight excluding hydrogens is 251 g/mol. The number of aromatic nitrogens is 1. The van der Waals surface area contributed by atoms with Gasteiger partial charge in [-0.1, -0.05) is 11.6 Å². The van der Waals surface area contributed by atoms with Crippen LogP contribution in [0.3, 0.4) is 0 Å². The average Bonchev–Trinajstić information content (AvgIpc) is 2.24. The molecular formula is C9H8BrClN2. The van der Waals surface area contributed by atoms with Crippen molar-refractivity contribution in [3.8, 4) is 0 Å². The first-order chi connectivity index (χ1) is 6.02. The van der Waals surface area contributed by atoms with E-state index >= 15 is 0 Å². The number of hydrogen-bond donors (Lipinski definition) is 0. The van der Waals surface area contributed by atoms with E-state index in [0.717, 1.165) is 15.7 Å². The summed E-state index contributed by atoms with van der Waals surface area (Å²) >= 11 is 9.46. The van der Waals surface area contributed by atoms with E-state index in [1.807, 2.05) is 13.8 Å². The third-order valence-corrected chi connectivity index (χ3v) is 3.00. The van der Waals surface area contributed by atoms with Gasteiger partial charge in [0.05, 0.1) is 10.6 Å². The second-order valence-corrected chi connectivity index (χ2v) is 4.66. The lowest BCUT2D eigenvalue weighted by atomic mass is 9.95. The maximum atomic E-state index is 6.06. The van der Waals surface area contributed by atoms with E-state index in [9.17, 15) is 0 Å². The molecule has 2 nitrogen and oxygen atoms in total. The number of nitrogens with zero attached hydrogens (tertiary/aromatic N) is 2. The molecule has 2 rings (SSSR count). The Morgan fingerprint density at radius 1 is 1.38 bits per heavy atom. The van der Waals surface area contributed by atoms with Crippen molar-refractivity contribution in [2.75, 3.05) is 0 Å². The van der Waals surface area contributed by atoms with Crippen molar-refractivity contribution in [2.24, 2.45) is 4.99 Å². The van der Waals surface area contributed by atoms with Crippen molar-refractivity contribution in [1.29, 1.82) is 0 Å². The zero-order valence-electron chi connectivity index (χ0n) is 7.31. The Labute approximate surface area is 90.2 Å². The lowest BCUT2D eigenvalue weighted by Crippen LogP contribution is -2.11. The van der Waals surface area contributed by atoms with Crippen LogP contribution in [0.15, 0.2) is 17.4 Å². The monoisotopic (exact) mass is 258 g/mol. The number of fused-ring (bicyclic) bond motifs is 1. The molecule has 0 atom stereocenters. The van der Waals surface area contributed by atoms with Crippen LogP contribution in [0.2, 0.25) is 5.02 Å². The lowest BCUT2D eigenvalue weighted by Gasteiger charge is -2.16. The van der Waals surface area contributed by atoms with Crippen molar-refractivity contribution in [3.05, 3.63) is 28.5 Å². The molecule has 0 radical (unpaired) electrons. The first-order valence-corrected chi connectivity index (χ1v) is 5.09. The molecule has 0 aliphatic carbocycles. The number of halogens is 2. The zero-order valence-corrected chi connectivity index (χ0v) is 9.65. The van der Waals surface area contributed by atoms with E-state index in [0.29, 0.717) is 5.02 Å². The summed E-state index contributed by atoms with van der Waals surface area (Å²) in [7, 11) is 0. The maximum absolute atomic E-state index is 6.06. The van der Waals surface area contributed by atoms with Crippen molar-refractivity contribution in [2.45, 2.75) is 19.4 Å². The molecule has 0 aromatic carbocycles. The molecule has 0 amide bonds. The maximum Gasteiger partial charge on any atom is 0.110 e. The molecule has 0 N–H and O–H groups in total. The first kappa shape index (κ1) is 9.16. The number of aliphatic imine (C=N–C) groups is 1. The molecule has 13 heavy (non-hydrogen) atoms. The Morgan fingerprint density at radius 3 is 2.69 bits per heavy atom. The van der Waals surface area contributed by atoms with Gasteiger partial charge in [-0.3, -0.25) is 9.98 Å². The molecule has 0 spiro atoms. The highest BCUT2D eigenvalue weighted by molar-refractivity contribution is 9.18. The minimum absolute atomic E-state index is 0.242. The van der Waals surface area contributed by atoms with Crippen LogP contribution in [0.4, 0.5) is 0 Å². The van der Waals surface area contributed by atoms with Gasteiger partial charge in [0.15, 0.2) is 0 Å². The molecule has 0 unspecified atom stereocenters. The van der Waals surface area contributed by atoms with Crippen molar-refractivity contribution >= 4 is 32.2 Å². The van der Waals surface area contributed by atoms with E-state index < -0.39 is 0 Å². The van der Waals surface area contributed by atoms with Gasteiger partial charge in [0.25, 0.3) is 0 Å². The summed E-state index contributed by atoms with van der Waals surface area (Å²) in [6.07, 6.45) is 3.44. The molecule has 0 saturated carbocycles. The van der Waals surface area contributed by atoms with Gasteiger partial charge in [-0.05, 0) is 29.8 Å². The van der Waals surface area contributed by atoms with Crippen LogP contribution in [0, 0.1) is 0 Å². The molecule has 68 valence electrons. The molecule has 4 heteroatoms. The van der Waals surface area contributed by atoms with Crippen LogP contribution in [0.25, 0.3) is 0 Å². The van der Waals surface area contributed by atoms with Gasteiger partial charge in [-0.25, -0.2) is 0 Å². The van der Waals surface area contributed by atoms with Crippen LogP contribution >= 0.6 is 27.5 Å². The number of pyridine rings is 1. The van der Waals surface area contributed by atoms with E-state index in [-0.39, 0.29) is 5.54 Å². The Hall–Kier alpha value is -0.410. The van der Waals surface area contributed by atoms with Gasteiger partial charge in [-0.15, -0.1) is 0 Å². The predicted octanol–water partition coefficient (Wildman–Crippen LogP) is 3.13. The van der Waals surface area contributed by atoms with Crippen LogP contribution in [-0.4, -0.2) is 9.60 Å². The SMILES string of the molecule is CC1(C)N=C(Br)c2cncc(Cl)c21. The summed E-state index contributed by atoms with van der Waals surface area (Å²) in [6.45, 7) is 4.07. The molecule has 1 aliphatic heterocycles. The standard InChI is InChI=1S/C9H8BrClN2/c1-9(2)7-5(8(10)13-9)3-12-4-6(7)11/h3-4H,1-2H3. The van der Waals surface area contributed by atoms with Gasteiger partial charge in [0, 0.05) is 23.5 Å². The normalized spacial score (nSPS) is 18.3. The highest BCUT2D eigenvalue weighted by Gasteiger charge is 2.32. The summed E-state index contributed by atoms with van der Waals surface area (Å²) in [5.74, 6) is 0. The van der Waals surface area contributed by atoms with E-state index in [2.05, 4.69) is 25.9 Å². The van der Waals surface area contributed by atoms with Gasteiger partial charge in [0.1, 0.15) is 4.62 Å². The minimum Gasteiger partial charge on any atom is -0.266 e. The summed E-state index contributed by atoms with van der Waals surface area (Å²) in [5.41, 5.74) is 1.81. The fourth-order valence-corrected chi connectivity index (χ4v) is 2.71. The largest absolute Gasteiger partial charge is 0.266 e. The van der Waals surface area contributed by atoms with Crippen molar-refractivity contribution in [3.63, 3.8) is 0 Å². The lowest BCUT2D eigenvalue weighted by molar-refractivity contribution is 0.572. The minimum atomic E-state index is -0.242. The highest BCUT2D eigenvalue weighted by atomic mass is 79.9. The van der Waals surface area contributed by atoms with Gasteiger partial charge in [-0.2, -0.15) is 0 Å². The Bertz CT molecular complexity index is 399. The topological polar surface area (TPSA) is 25.2 Å². The van der Waals surface area contributed by atoms with Crippen molar-refractivity contribution < 1.29 is 0 Å². The van der Waals surface area contributed by atoms with Crippen LogP contribution in [0.5, 0.6) is 0 Å². The molecule has 0 fully saturated rings. The quantitative estimate of drug-likeness (QED) is 0.703. The Morgan fingerprint density at radius 2 is 2.08 bits per heavy atom. The average molecular weight is 260 g/mol. The van der Waals surface area contributed by atoms with Crippen LogP contribution in [-0.2, 0) is 5.54 Å². The molecule has 1 aromatic rings. The summed E-state index contributed by atoms with van der Waals surface area (Å²) in [6, 6.07) is 0. The Balaban J connectivity index is 2.74. The summed E-state index contributed by atoms with van der Waals surface area (Å²) in [4.78, 5) is 8.49. The van der Waals surface area contributed by atoms with Gasteiger partial charge >= 0.3 is 0 Å². The summed E-state index contributed by atoms with van der Waals surface area (Å²) < 4.78 is 0.836. The highest BCUT2D eigenvalue weighted by Crippen LogP contribution is 2.39. The predicted molar refractivity (Wildman–Crippen MR) is 57.7 cm³/mol. The molecule has 0 bridgehead atoms. The zero-order chi connectivity index (χ0) is 9.64. The second kappa shape index (κ2) is 2.79. The van der Waals surface area contributed by atoms with Gasteiger partial charge in [0.2, 0.25) is 0 Å². The molecule has 2 heterocycles. The molecule has 1 aliphatic rings. The van der Waals surface area contributed by atoms with E-state index in [4.69, 9.17) is 11.6 Å². The van der Waals surface area contributed by atoms with Gasteiger partial charge < -0.3 is 0 Å². The number of hydrogen-bond acceptors (Lipinski definition) is 2. The number of rotatable bonds is 0. The fourth-order valence-electron chi connectivity index (χ4n) is 1.57. The molecule has 1 aromatic heterocycles. The smallest absolute Gasteiger partial charge is 0.110 e. The van der Waals surface area contributed by atoms with E-state index in [1.165, 1.54) is 0 Å². The summed E-state index contributed by atoms with van der Waals surface area (Å²) in [5, 5.41) is 0.681. The fraction of sp³-hybridized carbons (Fsp3) is 0.333. The van der Waals surface area contributed by atoms with Crippen LogP contribution in [0.1, 0.15) is 25.0 Å². The van der Waals surface area contributed by atoms with Crippen molar-refractivity contribution in [1.82, 2.24) is 4.98 Å². The Kier molecular flexibility index (Phi) is 1.96. The first-order valence-electron chi connectivity index (χ1n) is 3.92. The van der Waals surface area contributed by atoms with Crippen LogP contribution < -0.4 is 0 Å². The molecule has 0 saturated heterocycles. The third kappa shape index (κ3) is 1.30. The van der Waals surface area contributed by atoms with E-state index in [1.54, 1.807) is 12.4 Å².